The second-order valence-corrected chi connectivity index (χ2v) is 9.63. The summed E-state index contributed by atoms with van der Waals surface area (Å²) < 4.78 is 69.5. The van der Waals surface area contributed by atoms with Gasteiger partial charge in [0.15, 0.2) is 0 Å². The monoisotopic (exact) mass is 577 g/mol. The molecule has 1 aromatic heterocycles. The van der Waals surface area contributed by atoms with Crippen LogP contribution in [0.1, 0.15) is 24.3 Å². The fourth-order valence-corrected chi connectivity index (χ4v) is 4.16. The summed E-state index contributed by atoms with van der Waals surface area (Å²) in [4.78, 5) is 45.5. The van der Waals surface area contributed by atoms with Gasteiger partial charge in [0.2, 0.25) is 11.9 Å². The highest BCUT2D eigenvalue weighted by Gasteiger charge is 2.38. The lowest BCUT2D eigenvalue weighted by Gasteiger charge is -2.30. The maximum absolute atomic E-state index is 14.2. The minimum absolute atomic E-state index is 0.145. The molecule has 0 saturated heterocycles. The highest BCUT2D eigenvalue weighted by Crippen LogP contribution is 2.38. The summed E-state index contributed by atoms with van der Waals surface area (Å²) >= 11 is 0. The van der Waals surface area contributed by atoms with Gasteiger partial charge in [-0.15, -0.1) is 13.2 Å². The predicted molar refractivity (Wildman–Crippen MR) is 138 cm³/mol. The van der Waals surface area contributed by atoms with Crippen molar-refractivity contribution in [2.24, 2.45) is 0 Å². The number of pyridine rings is 1. The van der Waals surface area contributed by atoms with Gasteiger partial charge in [-0.05, 0) is 68.4 Å². The summed E-state index contributed by atoms with van der Waals surface area (Å²) in [7, 11) is 1.38. The third-order valence-corrected chi connectivity index (χ3v) is 6.21. The molecule has 0 spiro atoms. The number of nitrogens with one attached hydrogen (secondary N) is 2. The molecule has 41 heavy (non-hydrogen) atoms. The second kappa shape index (κ2) is 11.0. The Morgan fingerprint density at radius 3 is 2.32 bits per heavy atom. The molecule has 0 fully saturated rings. The van der Waals surface area contributed by atoms with E-state index in [-0.39, 0.29) is 17.9 Å². The minimum Gasteiger partial charge on any atom is -0.406 e. The third kappa shape index (κ3) is 6.70. The summed E-state index contributed by atoms with van der Waals surface area (Å²) in [6, 6.07) is 10.8. The zero-order valence-electron chi connectivity index (χ0n) is 21.9. The molecule has 0 bridgehead atoms. The van der Waals surface area contributed by atoms with Crippen LogP contribution in [-0.2, 0) is 9.59 Å². The first-order chi connectivity index (χ1) is 19.1. The topological polar surface area (TPSA) is 104 Å². The van der Waals surface area contributed by atoms with Crippen LogP contribution in [0.3, 0.4) is 0 Å². The number of alkyl halides is 3. The third-order valence-electron chi connectivity index (χ3n) is 6.21. The number of fused-ring (bicyclic) bond motifs is 1. The van der Waals surface area contributed by atoms with Crippen LogP contribution in [0.2, 0.25) is 0 Å². The van der Waals surface area contributed by atoms with Gasteiger partial charge in [-0.2, -0.15) is 4.39 Å². The molecule has 2 N–H and O–H groups in total. The molecule has 216 valence electrons. The van der Waals surface area contributed by atoms with Gasteiger partial charge in [0.25, 0.3) is 11.8 Å². The first-order valence-electron chi connectivity index (χ1n) is 12.1. The molecule has 2 aromatic carbocycles. The standard InChI is InChI=1S/C27H24F5N5O4/c1-26(2,35-23(38)18-5-4-6-22(29)33-18)25(40)34-19-14-37(16-8-10-17(11-9-16)41-27(30,31)32)20-12-7-15(28)13-21(20)36(3)24(19)39/h4-13,19H,14H2,1-3H3,(H,34,40)(H,35,38)/t19-/m1/s1. The average Bonchev–Trinajstić information content (AvgIpc) is 2.98. The van der Waals surface area contributed by atoms with Gasteiger partial charge < -0.3 is 25.2 Å². The number of anilines is 3. The highest BCUT2D eigenvalue weighted by molar-refractivity contribution is 6.05. The lowest BCUT2D eigenvalue weighted by atomic mass is 10.0. The van der Waals surface area contributed by atoms with Crippen LogP contribution in [0.5, 0.6) is 5.75 Å². The van der Waals surface area contributed by atoms with Crippen LogP contribution in [0.25, 0.3) is 0 Å². The van der Waals surface area contributed by atoms with Gasteiger partial charge in [-0.3, -0.25) is 14.4 Å². The number of carbonyl (C=O) groups is 3. The Labute approximate surface area is 230 Å². The predicted octanol–water partition coefficient (Wildman–Crippen LogP) is 4.07. The summed E-state index contributed by atoms with van der Waals surface area (Å²) in [6.45, 7) is 2.53. The zero-order valence-corrected chi connectivity index (χ0v) is 21.9. The van der Waals surface area contributed by atoms with Crippen molar-refractivity contribution in [1.29, 1.82) is 0 Å². The summed E-state index contributed by atoms with van der Waals surface area (Å²) in [5.74, 6) is -4.24. The average molecular weight is 578 g/mol. The Balaban J connectivity index is 1.62. The smallest absolute Gasteiger partial charge is 0.406 e. The van der Waals surface area contributed by atoms with Crippen LogP contribution in [0, 0.1) is 11.8 Å². The number of rotatable bonds is 6. The van der Waals surface area contributed by atoms with Gasteiger partial charge in [-0.1, -0.05) is 6.07 Å². The van der Waals surface area contributed by atoms with E-state index in [1.807, 2.05) is 0 Å². The largest absolute Gasteiger partial charge is 0.573 e. The summed E-state index contributed by atoms with van der Waals surface area (Å²) in [5.41, 5.74) is -1.06. The summed E-state index contributed by atoms with van der Waals surface area (Å²) in [6.07, 6.45) is -4.90. The van der Waals surface area contributed by atoms with Crippen LogP contribution in [0.4, 0.5) is 39.0 Å². The van der Waals surface area contributed by atoms with Crippen molar-refractivity contribution in [3.8, 4) is 5.75 Å². The van der Waals surface area contributed by atoms with E-state index < -0.39 is 53.2 Å². The van der Waals surface area contributed by atoms with Crippen molar-refractivity contribution in [2.75, 3.05) is 23.4 Å². The number of hydrogen-bond donors (Lipinski definition) is 2. The Morgan fingerprint density at radius 1 is 1.00 bits per heavy atom. The molecule has 2 heterocycles. The number of hydrogen-bond acceptors (Lipinski definition) is 6. The van der Waals surface area contributed by atoms with Gasteiger partial charge >= 0.3 is 6.36 Å². The molecule has 1 atom stereocenters. The van der Waals surface area contributed by atoms with Gasteiger partial charge in [0.1, 0.15) is 28.8 Å². The molecule has 14 heteroatoms. The van der Waals surface area contributed by atoms with Crippen LogP contribution in [-0.4, -0.2) is 54.2 Å². The summed E-state index contributed by atoms with van der Waals surface area (Å²) in [5, 5.41) is 5.04. The van der Waals surface area contributed by atoms with Crippen molar-refractivity contribution in [3.05, 3.63) is 78.1 Å². The number of amides is 3. The van der Waals surface area contributed by atoms with E-state index in [0.29, 0.717) is 11.4 Å². The molecule has 4 rings (SSSR count). The Morgan fingerprint density at radius 2 is 1.68 bits per heavy atom. The zero-order chi connectivity index (χ0) is 30.1. The Bertz CT molecular complexity index is 1480. The van der Waals surface area contributed by atoms with Crippen LogP contribution >= 0.6 is 0 Å². The highest BCUT2D eigenvalue weighted by atomic mass is 19.4. The number of likely N-dealkylation sites (N-methyl/N-ethyl adjacent to an activating group) is 1. The van der Waals surface area contributed by atoms with Crippen molar-refractivity contribution in [1.82, 2.24) is 15.6 Å². The number of aromatic nitrogens is 1. The normalized spacial score (nSPS) is 15.6. The first-order valence-corrected chi connectivity index (χ1v) is 12.1. The van der Waals surface area contributed by atoms with Gasteiger partial charge in [0.05, 0.1) is 17.9 Å². The molecule has 0 aliphatic carbocycles. The van der Waals surface area contributed by atoms with Gasteiger partial charge in [0, 0.05) is 12.7 Å². The van der Waals surface area contributed by atoms with E-state index in [1.165, 1.54) is 56.1 Å². The Hall–Kier alpha value is -4.75. The van der Waals surface area contributed by atoms with E-state index >= 15 is 0 Å². The van der Waals surface area contributed by atoms with E-state index in [2.05, 4.69) is 20.4 Å². The van der Waals surface area contributed by atoms with E-state index in [1.54, 1.807) is 0 Å². The minimum atomic E-state index is -4.90. The van der Waals surface area contributed by atoms with Crippen molar-refractivity contribution in [2.45, 2.75) is 31.8 Å². The van der Waals surface area contributed by atoms with Crippen molar-refractivity contribution in [3.63, 3.8) is 0 Å². The molecular formula is C27H24F5N5O4. The number of carbonyl (C=O) groups excluding carboxylic acids is 3. The first kappa shape index (κ1) is 29.2. The number of halogens is 5. The molecule has 3 amide bonds. The van der Waals surface area contributed by atoms with E-state index in [9.17, 15) is 36.3 Å². The molecule has 0 saturated carbocycles. The van der Waals surface area contributed by atoms with E-state index in [4.69, 9.17) is 0 Å². The van der Waals surface area contributed by atoms with Crippen LogP contribution < -0.4 is 25.2 Å². The molecule has 9 nitrogen and oxygen atoms in total. The lowest BCUT2D eigenvalue weighted by molar-refractivity contribution is -0.274. The SMILES string of the molecule is CN1C(=O)[C@H](NC(=O)C(C)(C)NC(=O)c2cccc(F)n2)CN(c2ccc(OC(F)(F)F)cc2)c2ccc(F)cc21. The fraction of sp³-hybridized carbons (Fsp3) is 0.259. The quantitative estimate of drug-likeness (QED) is 0.338. The lowest BCUT2D eigenvalue weighted by Crippen LogP contribution is -2.60. The number of nitrogens with zero attached hydrogens (tertiary/aromatic N) is 3. The number of benzene rings is 2. The molecule has 3 aromatic rings. The molecular weight excluding hydrogens is 553 g/mol. The van der Waals surface area contributed by atoms with Crippen molar-refractivity contribution >= 4 is 34.8 Å². The van der Waals surface area contributed by atoms with Gasteiger partial charge in [-0.25, -0.2) is 9.37 Å². The number of ether oxygens (including phenoxy) is 1. The molecule has 1 aliphatic rings. The second-order valence-electron chi connectivity index (χ2n) is 9.63. The maximum Gasteiger partial charge on any atom is 0.573 e. The fourth-order valence-electron chi connectivity index (χ4n) is 4.16. The maximum atomic E-state index is 14.2. The Kier molecular flexibility index (Phi) is 7.86. The molecule has 0 unspecified atom stereocenters. The molecule has 1 aliphatic heterocycles. The van der Waals surface area contributed by atoms with Crippen LogP contribution in [0.15, 0.2) is 60.7 Å². The molecule has 0 radical (unpaired) electrons. The van der Waals surface area contributed by atoms with Crippen molar-refractivity contribution < 1.29 is 41.1 Å². The van der Waals surface area contributed by atoms with E-state index in [0.717, 1.165) is 35.2 Å².